The maximum atomic E-state index is 4.97. The summed E-state index contributed by atoms with van der Waals surface area (Å²) in [6.07, 6.45) is 4.67. The fourth-order valence-corrected chi connectivity index (χ4v) is 1.86. The fraction of sp³-hybridized carbons (Fsp3) is 0.500. The van der Waals surface area contributed by atoms with E-state index in [1.165, 1.54) is 18.5 Å². The van der Waals surface area contributed by atoms with Crippen LogP contribution in [0.15, 0.2) is 22.9 Å². The van der Waals surface area contributed by atoms with E-state index >= 15 is 0 Å². The minimum Gasteiger partial charge on any atom is -0.342 e. The predicted octanol–water partition coefficient (Wildman–Crippen LogP) is 1.48. The molecule has 2 heterocycles. The first-order chi connectivity index (χ1) is 8.31. The SMILES string of the molecule is Cc1nc(Cn2cccc2CNC2CC2)no1. The molecule has 2 aromatic heterocycles. The van der Waals surface area contributed by atoms with Gasteiger partial charge >= 0.3 is 0 Å². The fourth-order valence-electron chi connectivity index (χ4n) is 1.86. The van der Waals surface area contributed by atoms with Crippen molar-refractivity contribution in [2.75, 3.05) is 0 Å². The Labute approximate surface area is 99.8 Å². The highest BCUT2D eigenvalue weighted by Crippen LogP contribution is 2.19. The van der Waals surface area contributed by atoms with Gasteiger partial charge in [-0.25, -0.2) is 0 Å². The lowest BCUT2D eigenvalue weighted by Crippen LogP contribution is -2.18. The van der Waals surface area contributed by atoms with Crippen LogP contribution in [0, 0.1) is 6.92 Å². The Bertz CT molecular complexity index is 498. The summed E-state index contributed by atoms with van der Waals surface area (Å²) in [6, 6.07) is 4.91. The van der Waals surface area contributed by atoms with E-state index in [2.05, 4.69) is 38.4 Å². The van der Waals surface area contributed by atoms with Crippen LogP contribution in [0.1, 0.15) is 30.3 Å². The molecule has 0 unspecified atom stereocenters. The molecule has 0 atom stereocenters. The molecule has 1 aliphatic carbocycles. The van der Waals surface area contributed by atoms with Crippen LogP contribution in [0.5, 0.6) is 0 Å². The minimum atomic E-state index is 0.616. The second kappa shape index (κ2) is 4.33. The van der Waals surface area contributed by atoms with Gasteiger partial charge in [0.05, 0.1) is 6.54 Å². The zero-order valence-electron chi connectivity index (χ0n) is 9.89. The molecular weight excluding hydrogens is 216 g/mol. The molecule has 0 aliphatic heterocycles. The van der Waals surface area contributed by atoms with Crippen LogP contribution in [0.2, 0.25) is 0 Å². The molecule has 1 fully saturated rings. The second-order valence-corrected chi connectivity index (χ2v) is 4.51. The summed E-state index contributed by atoms with van der Waals surface area (Å²) in [7, 11) is 0. The highest BCUT2D eigenvalue weighted by molar-refractivity contribution is 5.09. The Morgan fingerprint density at radius 3 is 3.12 bits per heavy atom. The molecule has 0 saturated heterocycles. The van der Waals surface area contributed by atoms with Gasteiger partial charge in [-0.15, -0.1) is 0 Å². The minimum absolute atomic E-state index is 0.616. The molecule has 0 bridgehead atoms. The molecule has 1 N–H and O–H groups in total. The number of hydrogen-bond donors (Lipinski definition) is 1. The topological polar surface area (TPSA) is 55.9 Å². The van der Waals surface area contributed by atoms with Crippen LogP contribution in [0.25, 0.3) is 0 Å². The lowest BCUT2D eigenvalue weighted by molar-refractivity contribution is 0.386. The smallest absolute Gasteiger partial charge is 0.223 e. The Kier molecular flexibility index (Phi) is 2.68. The van der Waals surface area contributed by atoms with E-state index < -0.39 is 0 Å². The number of rotatable bonds is 5. The lowest BCUT2D eigenvalue weighted by Gasteiger charge is -2.07. The Balaban J connectivity index is 1.67. The molecule has 17 heavy (non-hydrogen) atoms. The van der Waals surface area contributed by atoms with Crippen molar-refractivity contribution in [3.8, 4) is 0 Å². The summed E-state index contributed by atoms with van der Waals surface area (Å²) in [5, 5.41) is 7.42. The highest BCUT2D eigenvalue weighted by Gasteiger charge is 2.20. The van der Waals surface area contributed by atoms with Gasteiger partial charge in [0.2, 0.25) is 5.89 Å². The van der Waals surface area contributed by atoms with Gasteiger partial charge in [-0.3, -0.25) is 0 Å². The molecule has 0 aromatic carbocycles. The second-order valence-electron chi connectivity index (χ2n) is 4.51. The van der Waals surface area contributed by atoms with E-state index in [-0.39, 0.29) is 0 Å². The van der Waals surface area contributed by atoms with Crippen LogP contribution in [0.4, 0.5) is 0 Å². The summed E-state index contributed by atoms with van der Waals surface area (Å²) in [4.78, 5) is 4.22. The van der Waals surface area contributed by atoms with Gasteiger partial charge in [0.15, 0.2) is 5.82 Å². The molecule has 2 aromatic rings. The van der Waals surface area contributed by atoms with Crippen molar-refractivity contribution in [3.63, 3.8) is 0 Å². The first-order valence-electron chi connectivity index (χ1n) is 5.98. The van der Waals surface area contributed by atoms with Gasteiger partial charge in [-0.1, -0.05) is 5.16 Å². The van der Waals surface area contributed by atoms with Gasteiger partial charge in [-0.05, 0) is 25.0 Å². The summed E-state index contributed by atoms with van der Waals surface area (Å²) in [6.45, 7) is 3.39. The first kappa shape index (κ1) is 10.5. The third kappa shape index (κ3) is 2.55. The van der Waals surface area contributed by atoms with Crippen LogP contribution in [0.3, 0.4) is 0 Å². The van der Waals surface area contributed by atoms with Crippen LogP contribution < -0.4 is 5.32 Å². The van der Waals surface area contributed by atoms with Crippen molar-refractivity contribution < 1.29 is 4.52 Å². The number of hydrogen-bond acceptors (Lipinski definition) is 4. The average Bonchev–Trinajstić information content (AvgIpc) is 2.90. The van der Waals surface area contributed by atoms with Crippen LogP contribution >= 0.6 is 0 Å². The number of aromatic nitrogens is 3. The van der Waals surface area contributed by atoms with E-state index in [0.717, 1.165) is 18.4 Å². The standard InChI is InChI=1S/C12H16N4O/c1-9-14-12(15-17-9)8-16-6-2-3-11(16)7-13-10-4-5-10/h2-3,6,10,13H,4-5,7-8H2,1H3. The van der Waals surface area contributed by atoms with Gasteiger partial charge in [-0.2, -0.15) is 4.98 Å². The molecule has 5 nitrogen and oxygen atoms in total. The number of nitrogens with zero attached hydrogens (tertiary/aromatic N) is 3. The average molecular weight is 232 g/mol. The molecule has 1 saturated carbocycles. The molecular formula is C12H16N4O. The van der Waals surface area contributed by atoms with Crippen molar-refractivity contribution in [1.29, 1.82) is 0 Å². The molecule has 5 heteroatoms. The predicted molar refractivity (Wildman–Crippen MR) is 62.4 cm³/mol. The Hall–Kier alpha value is -1.62. The number of aryl methyl sites for hydroxylation is 1. The first-order valence-corrected chi connectivity index (χ1v) is 5.98. The van der Waals surface area contributed by atoms with Crippen molar-refractivity contribution in [2.45, 2.75) is 38.9 Å². The van der Waals surface area contributed by atoms with Gasteiger partial charge in [0, 0.05) is 31.4 Å². The van der Waals surface area contributed by atoms with E-state index in [1.54, 1.807) is 0 Å². The van der Waals surface area contributed by atoms with E-state index in [1.807, 2.05) is 6.92 Å². The van der Waals surface area contributed by atoms with Crippen molar-refractivity contribution >= 4 is 0 Å². The van der Waals surface area contributed by atoms with Gasteiger partial charge < -0.3 is 14.4 Å². The van der Waals surface area contributed by atoms with E-state index in [0.29, 0.717) is 12.4 Å². The molecule has 0 amide bonds. The van der Waals surface area contributed by atoms with Gasteiger partial charge in [0.25, 0.3) is 0 Å². The Morgan fingerprint density at radius 1 is 1.53 bits per heavy atom. The van der Waals surface area contributed by atoms with E-state index in [4.69, 9.17) is 4.52 Å². The molecule has 0 spiro atoms. The Morgan fingerprint density at radius 2 is 2.41 bits per heavy atom. The summed E-state index contributed by atoms with van der Waals surface area (Å²) < 4.78 is 7.12. The monoisotopic (exact) mass is 232 g/mol. The van der Waals surface area contributed by atoms with Crippen molar-refractivity contribution in [1.82, 2.24) is 20.0 Å². The maximum absolute atomic E-state index is 4.97. The summed E-state index contributed by atoms with van der Waals surface area (Å²) in [5.41, 5.74) is 1.26. The third-order valence-corrected chi connectivity index (χ3v) is 2.95. The zero-order valence-corrected chi connectivity index (χ0v) is 9.89. The van der Waals surface area contributed by atoms with E-state index in [9.17, 15) is 0 Å². The van der Waals surface area contributed by atoms with Crippen LogP contribution in [-0.2, 0) is 13.1 Å². The third-order valence-electron chi connectivity index (χ3n) is 2.95. The number of nitrogens with one attached hydrogen (secondary N) is 1. The maximum Gasteiger partial charge on any atom is 0.223 e. The van der Waals surface area contributed by atoms with Crippen molar-refractivity contribution in [3.05, 3.63) is 35.7 Å². The van der Waals surface area contributed by atoms with Gasteiger partial charge in [0.1, 0.15) is 0 Å². The molecule has 1 aliphatic rings. The normalized spacial score (nSPS) is 15.4. The summed E-state index contributed by atoms with van der Waals surface area (Å²) >= 11 is 0. The largest absolute Gasteiger partial charge is 0.342 e. The van der Waals surface area contributed by atoms with Crippen molar-refractivity contribution in [2.24, 2.45) is 0 Å². The lowest BCUT2D eigenvalue weighted by atomic mass is 10.4. The summed E-state index contributed by atoms with van der Waals surface area (Å²) in [5.74, 6) is 1.34. The molecule has 90 valence electrons. The van der Waals surface area contributed by atoms with Crippen LogP contribution in [-0.4, -0.2) is 20.7 Å². The molecule has 0 radical (unpaired) electrons. The zero-order chi connectivity index (χ0) is 11.7. The molecule has 3 rings (SSSR count). The quantitative estimate of drug-likeness (QED) is 0.848. The highest BCUT2D eigenvalue weighted by atomic mass is 16.5.